The van der Waals surface area contributed by atoms with E-state index in [4.69, 9.17) is 0 Å². The first kappa shape index (κ1) is 13.3. The Balaban J connectivity index is 1.84. The van der Waals surface area contributed by atoms with Crippen LogP contribution in [0.2, 0.25) is 0 Å². The molecule has 19 heavy (non-hydrogen) atoms. The van der Waals surface area contributed by atoms with Gasteiger partial charge in [-0.1, -0.05) is 17.7 Å². The maximum Gasteiger partial charge on any atom is 0.251 e. The summed E-state index contributed by atoms with van der Waals surface area (Å²) in [4.78, 5) is 35.8. The Morgan fingerprint density at radius 3 is 2.58 bits per heavy atom. The van der Waals surface area contributed by atoms with Gasteiger partial charge in [-0.05, 0) is 19.1 Å². The predicted octanol–water partition coefficient (Wildman–Crippen LogP) is 0.874. The van der Waals surface area contributed by atoms with E-state index < -0.39 is 0 Å². The van der Waals surface area contributed by atoms with Gasteiger partial charge in [0.1, 0.15) is 0 Å². The second-order valence-corrected chi connectivity index (χ2v) is 4.56. The molecule has 1 aliphatic heterocycles. The summed E-state index contributed by atoms with van der Waals surface area (Å²) < 4.78 is 0. The van der Waals surface area contributed by atoms with E-state index in [2.05, 4.69) is 5.32 Å². The minimum Gasteiger partial charge on any atom is -0.350 e. The highest BCUT2D eigenvalue weighted by Gasteiger charge is 2.28. The fourth-order valence-electron chi connectivity index (χ4n) is 2.04. The summed E-state index contributed by atoms with van der Waals surface area (Å²) >= 11 is 0. The Hall–Kier alpha value is -2.17. The Bertz CT molecular complexity index is 509. The van der Waals surface area contributed by atoms with E-state index in [-0.39, 0.29) is 43.7 Å². The summed E-state index contributed by atoms with van der Waals surface area (Å²) in [7, 11) is 0. The summed E-state index contributed by atoms with van der Waals surface area (Å²) in [5, 5.41) is 2.71. The molecule has 0 radical (unpaired) electrons. The van der Waals surface area contributed by atoms with E-state index in [9.17, 15) is 14.4 Å². The third kappa shape index (κ3) is 3.19. The fourth-order valence-corrected chi connectivity index (χ4v) is 2.04. The summed E-state index contributed by atoms with van der Waals surface area (Å²) in [5.41, 5.74) is 1.59. The van der Waals surface area contributed by atoms with E-state index >= 15 is 0 Å². The molecule has 0 aliphatic carbocycles. The number of likely N-dealkylation sites (tertiary alicyclic amines) is 1. The monoisotopic (exact) mass is 260 g/mol. The average Bonchev–Trinajstić information content (AvgIpc) is 2.70. The molecule has 1 saturated heterocycles. The highest BCUT2D eigenvalue weighted by molar-refractivity contribution is 6.02. The normalized spacial score (nSPS) is 14.9. The van der Waals surface area contributed by atoms with Gasteiger partial charge in [0.15, 0.2) is 0 Å². The van der Waals surface area contributed by atoms with Crippen LogP contribution < -0.4 is 5.32 Å². The number of rotatable bonds is 4. The first-order valence-electron chi connectivity index (χ1n) is 6.26. The van der Waals surface area contributed by atoms with Crippen LogP contribution in [0, 0.1) is 6.92 Å². The topological polar surface area (TPSA) is 66.5 Å². The average molecular weight is 260 g/mol. The molecule has 5 nitrogen and oxygen atoms in total. The van der Waals surface area contributed by atoms with Crippen molar-refractivity contribution in [3.8, 4) is 0 Å². The SMILES string of the molecule is Cc1cccc(C(=O)NCCN2C(=O)CCC2=O)c1. The number of carbonyl (C=O) groups is 3. The van der Waals surface area contributed by atoms with Crippen molar-refractivity contribution in [3.63, 3.8) is 0 Å². The molecule has 1 N–H and O–H groups in total. The third-order valence-electron chi connectivity index (χ3n) is 3.06. The van der Waals surface area contributed by atoms with Crippen molar-refractivity contribution in [2.45, 2.75) is 19.8 Å². The Morgan fingerprint density at radius 1 is 1.26 bits per heavy atom. The zero-order chi connectivity index (χ0) is 13.8. The van der Waals surface area contributed by atoms with Gasteiger partial charge in [-0.15, -0.1) is 0 Å². The summed E-state index contributed by atoms with van der Waals surface area (Å²) in [6, 6.07) is 7.26. The lowest BCUT2D eigenvalue weighted by Gasteiger charge is -2.14. The molecule has 1 heterocycles. The van der Waals surface area contributed by atoms with Gasteiger partial charge < -0.3 is 5.32 Å². The molecule has 3 amide bonds. The third-order valence-corrected chi connectivity index (χ3v) is 3.06. The lowest BCUT2D eigenvalue weighted by Crippen LogP contribution is -2.37. The number of aryl methyl sites for hydroxylation is 1. The fraction of sp³-hybridized carbons (Fsp3) is 0.357. The number of carbonyl (C=O) groups excluding carboxylic acids is 3. The van der Waals surface area contributed by atoms with Crippen molar-refractivity contribution in [2.75, 3.05) is 13.1 Å². The van der Waals surface area contributed by atoms with Gasteiger partial charge in [0.25, 0.3) is 5.91 Å². The molecule has 0 spiro atoms. The number of hydrogen-bond acceptors (Lipinski definition) is 3. The van der Waals surface area contributed by atoms with Crippen LogP contribution in [-0.4, -0.2) is 35.7 Å². The molecule has 100 valence electrons. The maximum atomic E-state index is 11.8. The van der Waals surface area contributed by atoms with E-state index in [0.29, 0.717) is 5.56 Å². The molecular formula is C14H16N2O3. The second-order valence-electron chi connectivity index (χ2n) is 4.56. The van der Waals surface area contributed by atoms with Gasteiger partial charge in [0.2, 0.25) is 11.8 Å². The van der Waals surface area contributed by atoms with Crippen molar-refractivity contribution in [2.24, 2.45) is 0 Å². The van der Waals surface area contributed by atoms with Crippen molar-refractivity contribution in [3.05, 3.63) is 35.4 Å². The van der Waals surface area contributed by atoms with Crippen LogP contribution in [0.5, 0.6) is 0 Å². The van der Waals surface area contributed by atoms with E-state index in [1.165, 1.54) is 4.90 Å². The van der Waals surface area contributed by atoms with Gasteiger partial charge in [0, 0.05) is 31.5 Å². The minimum absolute atomic E-state index is 0.158. The van der Waals surface area contributed by atoms with Gasteiger partial charge in [-0.2, -0.15) is 0 Å². The van der Waals surface area contributed by atoms with Crippen LogP contribution in [0.1, 0.15) is 28.8 Å². The highest BCUT2D eigenvalue weighted by atomic mass is 16.2. The zero-order valence-corrected chi connectivity index (χ0v) is 10.8. The molecule has 1 fully saturated rings. The Kier molecular flexibility index (Phi) is 3.94. The van der Waals surface area contributed by atoms with Crippen LogP contribution in [0.25, 0.3) is 0 Å². The first-order chi connectivity index (χ1) is 9.08. The first-order valence-corrected chi connectivity index (χ1v) is 6.26. The summed E-state index contributed by atoms with van der Waals surface area (Å²) in [5.74, 6) is -0.507. The van der Waals surface area contributed by atoms with Crippen molar-refractivity contribution in [1.29, 1.82) is 0 Å². The van der Waals surface area contributed by atoms with Crippen LogP contribution in [0.15, 0.2) is 24.3 Å². The Morgan fingerprint density at radius 2 is 1.95 bits per heavy atom. The lowest BCUT2D eigenvalue weighted by atomic mass is 10.1. The minimum atomic E-state index is -0.192. The van der Waals surface area contributed by atoms with Crippen molar-refractivity contribution in [1.82, 2.24) is 10.2 Å². The quantitative estimate of drug-likeness (QED) is 0.817. The van der Waals surface area contributed by atoms with Gasteiger partial charge in [-0.25, -0.2) is 0 Å². The molecule has 0 saturated carbocycles. The van der Waals surface area contributed by atoms with E-state index in [1.807, 2.05) is 19.1 Å². The molecule has 0 unspecified atom stereocenters. The molecule has 0 atom stereocenters. The van der Waals surface area contributed by atoms with E-state index in [0.717, 1.165) is 5.56 Å². The van der Waals surface area contributed by atoms with Crippen LogP contribution in [-0.2, 0) is 9.59 Å². The largest absolute Gasteiger partial charge is 0.350 e. The smallest absolute Gasteiger partial charge is 0.251 e. The second kappa shape index (κ2) is 5.65. The lowest BCUT2D eigenvalue weighted by molar-refractivity contribution is -0.138. The number of imide groups is 1. The van der Waals surface area contributed by atoms with Crippen LogP contribution >= 0.6 is 0 Å². The summed E-state index contributed by atoms with van der Waals surface area (Å²) in [6.07, 6.45) is 0.565. The van der Waals surface area contributed by atoms with Crippen molar-refractivity contribution >= 4 is 17.7 Å². The van der Waals surface area contributed by atoms with Gasteiger partial charge >= 0.3 is 0 Å². The molecule has 1 aliphatic rings. The number of nitrogens with one attached hydrogen (secondary N) is 1. The molecule has 0 aromatic heterocycles. The van der Waals surface area contributed by atoms with Crippen LogP contribution in [0.4, 0.5) is 0 Å². The number of hydrogen-bond donors (Lipinski definition) is 1. The molecular weight excluding hydrogens is 244 g/mol. The number of benzene rings is 1. The van der Waals surface area contributed by atoms with Crippen molar-refractivity contribution < 1.29 is 14.4 Å². The number of nitrogens with zero attached hydrogens (tertiary/aromatic N) is 1. The van der Waals surface area contributed by atoms with E-state index in [1.54, 1.807) is 12.1 Å². The summed E-state index contributed by atoms with van der Waals surface area (Å²) in [6.45, 7) is 2.44. The maximum absolute atomic E-state index is 11.8. The highest BCUT2D eigenvalue weighted by Crippen LogP contribution is 2.10. The van der Waals surface area contributed by atoms with Crippen LogP contribution in [0.3, 0.4) is 0 Å². The van der Waals surface area contributed by atoms with Gasteiger partial charge in [-0.3, -0.25) is 19.3 Å². The predicted molar refractivity (Wildman–Crippen MR) is 69.5 cm³/mol. The molecule has 1 aromatic carbocycles. The molecule has 0 bridgehead atoms. The zero-order valence-electron chi connectivity index (χ0n) is 10.8. The molecule has 5 heteroatoms. The number of amides is 3. The van der Waals surface area contributed by atoms with Gasteiger partial charge in [0.05, 0.1) is 0 Å². The molecule has 1 aromatic rings. The Labute approximate surface area is 111 Å². The standard InChI is InChI=1S/C14H16N2O3/c1-10-3-2-4-11(9-10)14(19)15-7-8-16-12(17)5-6-13(16)18/h2-4,9H,5-8H2,1H3,(H,15,19). The molecule has 2 rings (SSSR count).